The fourth-order valence-electron chi connectivity index (χ4n) is 1.41. The summed E-state index contributed by atoms with van der Waals surface area (Å²) in [6.45, 7) is 1.70. The fourth-order valence-corrected chi connectivity index (χ4v) is 2.46. The summed E-state index contributed by atoms with van der Waals surface area (Å²) in [7, 11) is 0. The molecule has 0 aliphatic carbocycles. The van der Waals surface area contributed by atoms with E-state index in [1.807, 2.05) is 18.2 Å². The van der Waals surface area contributed by atoms with Gasteiger partial charge in [0, 0.05) is 11.1 Å². The van der Waals surface area contributed by atoms with Crippen molar-refractivity contribution in [1.82, 2.24) is 10.0 Å². The van der Waals surface area contributed by atoms with E-state index >= 15 is 0 Å². The average molecular weight is 237 g/mol. The molecule has 0 saturated carbocycles. The van der Waals surface area contributed by atoms with Crippen LogP contribution in [0.15, 0.2) is 24.4 Å². The molecule has 0 aliphatic heterocycles. The van der Waals surface area contributed by atoms with Gasteiger partial charge in [-0.3, -0.25) is 10.2 Å². The predicted octanol–water partition coefficient (Wildman–Crippen LogP) is 2.13. The minimum atomic E-state index is -0.863. The second-order valence-electron chi connectivity index (χ2n) is 3.39. The van der Waals surface area contributed by atoms with E-state index in [-0.39, 0.29) is 0 Å². The first-order valence-electron chi connectivity index (χ1n) is 4.71. The van der Waals surface area contributed by atoms with Gasteiger partial charge in [0.05, 0.1) is 16.3 Å². The molecule has 16 heavy (non-hydrogen) atoms. The maximum Gasteiger partial charge on any atom is 0.339 e. The number of primary amides is 1. The minimum absolute atomic E-state index is 0.461. The zero-order valence-corrected chi connectivity index (χ0v) is 9.44. The smallest absolute Gasteiger partial charge is 0.339 e. The lowest BCUT2D eigenvalue weighted by Gasteiger charge is -2.18. The number of hydrogen-bond acceptors (Lipinski definition) is 4. The Morgan fingerprint density at radius 1 is 1.69 bits per heavy atom. The van der Waals surface area contributed by atoms with Crippen LogP contribution >= 0.6 is 11.3 Å². The molecule has 0 spiro atoms. The molecule has 1 unspecified atom stereocenters. The highest BCUT2D eigenvalue weighted by atomic mass is 32.1. The lowest BCUT2D eigenvalue weighted by molar-refractivity contribution is -0.0700. The zero-order chi connectivity index (χ0) is 11.7. The second-order valence-corrected chi connectivity index (χ2v) is 4.51. The first kappa shape index (κ1) is 10.8. The number of thiophene rings is 1. The van der Waals surface area contributed by atoms with Crippen LogP contribution < -0.4 is 5.73 Å². The third-order valence-electron chi connectivity index (χ3n) is 2.31. The van der Waals surface area contributed by atoms with Gasteiger partial charge >= 0.3 is 6.03 Å². The summed E-state index contributed by atoms with van der Waals surface area (Å²) in [6.07, 6.45) is 1.70. The number of carbonyl (C=O) groups is 1. The van der Waals surface area contributed by atoms with Gasteiger partial charge in [0.1, 0.15) is 0 Å². The van der Waals surface area contributed by atoms with Gasteiger partial charge < -0.3 is 5.73 Å². The fraction of sp³-hybridized carbons (Fsp3) is 0.200. The van der Waals surface area contributed by atoms with Crippen molar-refractivity contribution in [2.75, 3.05) is 0 Å². The molecule has 2 rings (SSSR count). The van der Waals surface area contributed by atoms with Crippen LogP contribution in [0.4, 0.5) is 4.79 Å². The summed E-state index contributed by atoms with van der Waals surface area (Å²) in [5, 5.41) is 9.94. The van der Waals surface area contributed by atoms with Crippen molar-refractivity contribution in [3.8, 4) is 0 Å². The number of fused-ring (bicyclic) bond motifs is 1. The van der Waals surface area contributed by atoms with Crippen LogP contribution in [0.25, 0.3) is 10.2 Å². The number of nitrogens with two attached hydrogens (primary N) is 1. The Morgan fingerprint density at radius 2 is 2.44 bits per heavy atom. The zero-order valence-electron chi connectivity index (χ0n) is 8.62. The van der Waals surface area contributed by atoms with Crippen molar-refractivity contribution in [2.45, 2.75) is 13.0 Å². The molecule has 0 fully saturated rings. The van der Waals surface area contributed by atoms with Gasteiger partial charge in [0.2, 0.25) is 0 Å². The van der Waals surface area contributed by atoms with Crippen LogP contribution in [0.5, 0.6) is 0 Å². The summed E-state index contributed by atoms with van der Waals surface area (Å²) in [5.41, 5.74) is 5.85. The molecule has 6 heteroatoms. The van der Waals surface area contributed by atoms with E-state index in [1.54, 1.807) is 13.1 Å². The van der Waals surface area contributed by atoms with Gasteiger partial charge in [-0.1, -0.05) is 0 Å². The van der Waals surface area contributed by atoms with Crippen molar-refractivity contribution >= 4 is 27.6 Å². The van der Waals surface area contributed by atoms with Crippen molar-refractivity contribution in [1.29, 1.82) is 0 Å². The average Bonchev–Trinajstić information content (AvgIpc) is 2.70. The number of nitrogens with zero attached hydrogens (tertiary/aromatic N) is 2. The number of amides is 2. The van der Waals surface area contributed by atoms with Gasteiger partial charge in [-0.25, -0.2) is 4.79 Å². The van der Waals surface area contributed by atoms with Gasteiger partial charge in [-0.15, -0.1) is 11.3 Å². The molecule has 1 atom stereocenters. The van der Waals surface area contributed by atoms with Crippen LogP contribution in [-0.4, -0.2) is 21.3 Å². The molecule has 2 aromatic heterocycles. The highest BCUT2D eigenvalue weighted by Gasteiger charge is 2.19. The Morgan fingerprint density at radius 3 is 3.06 bits per heavy atom. The Labute approximate surface area is 96.1 Å². The topological polar surface area (TPSA) is 79.4 Å². The molecular formula is C10H11N3O2S. The molecule has 0 bridgehead atoms. The molecule has 2 aromatic rings. The van der Waals surface area contributed by atoms with Crippen molar-refractivity contribution in [2.24, 2.45) is 5.73 Å². The van der Waals surface area contributed by atoms with E-state index < -0.39 is 12.1 Å². The molecule has 0 saturated heterocycles. The summed E-state index contributed by atoms with van der Waals surface area (Å²) < 4.78 is 1.02. The molecule has 5 nitrogen and oxygen atoms in total. The monoisotopic (exact) mass is 237 g/mol. The van der Waals surface area contributed by atoms with E-state index in [4.69, 9.17) is 5.73 Å². The maximum atomic E-state index is 10.8. The summed E-state index contributed by atoms with van der Waals surface area (Å²) in [6, 6.07) is 4.30. The van der Waals surface area contributed by atoms with E-state index in [0.717, 1.165) is 15.1 Å². The number of aromatic nitrogens is 1. The maximum absolute atomic E-state index is 10.8. The molecule has 0 aliphatic rings. The second kappa shape index (κ2) is 4.07. The molecule has 84 valence electrons. The number of urea groups is 1. The highest BCUT2D eigenvalue weighted by molar-refractivity contribution is 7.19. The number of pyridine rings is 1. The summed E-state index contributed by atoms with van der Waals surface area (Å²) in [5.74, 6) is 0. The predicted molar refractivity (Wildman–Crippen MR) is 61.2 cm³/mol. The Kier molecular flexibility index (Phi) is 2.76. The Balaban J connectivity index is 2.36. The molecule has 0 aromatic carbocycles. The normalized spacial score (nSPS) is 12.6. The number of rotatable bonds is 2. The van der Waals surface area contributed by atoms with Crippen LogP contribution in [0.3, 0.4) is 0 Å². The molecular weight excluding hydrogens is 226 g/mol. The van der Waals surface area contributed by atoms with Crippen LogP contribution in [-0.2, 0) is 0 Å². The third kappa shape index (κ3) is 1.84. The van der Waals surface area contributed by atoms with E-state index in [2.05, 4.69) is 4.98 Å². The lowest BCUT2D eigenvalue weighted by Crippen LogP contribution is -2.34. The molecule has 2 heterocycles. The molecule has 3 N–H and O–H groups in total. The first-order valence-corrected chi connectivity index (χ1v) is 5.53. The first-order chi connectivity index (χ1) is 7.59. The minimum Gasteiger partial charge on any atom is -0.350 e. The van der Waals surface area contributed by atoms with Gasteiger partial charge in [0.25, 0.3) is 0 Å². The van der Waals surface area contributed by atoms with E-state index in [1.165, 1.54) is 11.3 Å². The molecule has 0 radical (unpaired) electrons. The quantitative estimate of drug-likeness (QED) is 0.620. The van der Waals surface area contributed by atoms with Crippen LogP contribution in [0, 0.1) is 0 Å². The van der Waals surface area contributed by atoms with Crippen LogP contribution in [0.1, 0.15) is 17.8 Å². The lowest BCUT2D eigenvalue weighted by atomic mass is 10.2. The van der Waals surface area contributed by atoms with Gasteiger partial charge in [0.15, 0.2) is 0 Å². The summed E-state index contributed by atoms with van der Waals surface area (Å²) >= 11 is 1.48. The van der Waals surface area contributed by atoms with E-state index in [0.29, 0.717) is 5.06 Å². The Bertz CT molecular complexity index is 493. The number of carbonyl (C=O) groups excluding carboxylic acids is 1. The number of hydrogen-bond donors (Lipinski definition) is 2. The highest BCUT2D eigenvalue weighted by Crippen LogP contribution is 2.30. The Hall–Kier alpha value is -1.66. The largest absolute Gasteiger partial charge is 0.350 e. The number of hydroxylamine groups is 2. The van der Waals surface area contributed by atoms with Crippen LogP contribution in [0.2, 0.25) is 0 Å². The van der Waals surface area contributed by atoms with Gasteiger partial charge in [-0.05, 0) is 25.1 Å². The molecule has 2 amide bonds. The summed E-state index contributed by atoms with van der Waals surface area (Å²) in [4.78, 5) is 15.8. The van der Waals surface area contributed by atoms with E-state index in [9.17, 15) is 10.0 Å². The standard InChI is InChI=1S/C10H11N3O2S/c1-6(13(15)10(11)14)9-5-7-8(16-9)3-2-4-12-7/h2-6,15H,1H3,(H2,11,14). The third-order valence-corrected chi connectivity index (χ3v) is 3.57. The van der Waals surface area contributed by atoms with Crippen molar-refractivity contribution in [3.05, 3.63) is 29.3 Å². The SMILES string of the molecule is CC(c1cc2ncccc2s1)N(O)C(N)=O. The van der Waals surface area contributed by atoms with Gasteiger partial charge in [-0.2, -0.15) is 5.06 Å². The van der Waals surface area contributed by atoms with Crippen molar-refractivity contribution in [3.63, 3.8) is 0 Å². The van der Waals surface area contributed by atoms with Crippen molar-refractivity contribution < 1.29 is 10.0 Å².